The Morgan fingerprint density at radius 2 is 1.90 bits per heavy atom. The molecule has 2 fully saturated rings. The van der Waals surface area contributed by atoms with Crippen LogP contribution in [0.1, 0.15) is 28.8 Å². The monoisotopic (exact) mass is 298 g/mol. The van der Waals surface area contributed by atoms with Crippen LogP contribution in [0.2, 0.25) is 0 Å². The lowest BCUT2D eigenvalue weighted by Crippen LogP contribution is -2.33. The van der Waals surface area contributed by atoms with E-state index in [0.717, 1.165) is 38.1 Å². The van der Waals surface area contributed by atoms with Gasteiger partial charge in [-0.05, 0) is 43.7 Å². The number of likely N-dealkylation sites (tertiary alicyclic amines) is 1. The number of nitrogens with one attached hydrogen (secondary N) is 1. The molecule has 1 unspecified atom stereocenters. The Labute approximate surface area is 121 Å². The molecule has 1 amide bonds. The fourth-order valence-corrected chi connectivity index (χ4v) is 3.24. The van der Waals surface area contributed by atoms with Crippen LogP contribution in [-0.4, -0.2) is 37.0 Å². The molecule has 3 rings (SSSR count). The van der Waals surface area contributed by atoms with Gasteiger partial charge in [0.1, 0.15) is 0 Å². The molecule has 0 radical (unpaired) electrons. The van der Waals surface area contributed by atoms with Gasteiger partial charge >= 0.3 is 6.18 Å². The topological polar surface area (TPSA) is 32.3 Å². The summed E-state index contributed by atoms with van der Waals surface area (Å²) in [6, 6.07) is 4.47. The summed E-state index contributed by atoms with van der Waals surface area (Å²) in [4.78, 5) is 14.1. The molecule has 6 heteroatoms. The summed E-state index contributed by atoms with van der Waals surface area (Å²) in [5.41, 5.74) is -0.232. The minimum Gasteiger partial charge on any atom is -0.338 e. The summed E-state index contributed by atoms with van der Waals surface area (Å²) < 4.78 is 37.6. The number of hydrogen-bond donors (Lipinski definition) is 1. The largest absolute Gasteiger partial charge is 0.416 e. The molecule has 1 atom stereocenters. The van der Waals surface area contributed by atoms with Gasteiger partial charge in [0.2, 0.25) is 0 Å². The van der Waals surface area contributed by atoms with Crippen LogP contribution < -0.4 is 5.32 Å². The van der Waals surface area contributed by atoms with E-state index in [2.05, 4.69) is 5.32 Å². The van der Waals surface area contributed by atoms with Crippen molar-refractivity contribution in [2.75, 3.05) is 26.2 Å². The molecular weight excluding hydrogens is 281 g/mol. The van der Waals surface area contributed by atoms with Gasteiger partial charge in [-0.25, -0.2) is 0 Å². The molecule has 3 nitrogen and oxygen atoms in total. The number of alkyl halides is 3. The first-order valence-corrected chi connectivity index (χ1v) is 7.07. The molecule has 114 valence electrons. The molecule has 0 saturated carbocycles. The standard InChI is InChI=1S/C15H17F3N2O/c16-15(17,18)12-3-1-11(2-4-12)13(21)20-8-6-14(10-20)5-7-19-9-14/h1-4,19H,5-10H2. The predicted molar refractivity (Wildman–Crippen MR) is 71.9 cm³/mol. The molecule has 0 bridgehead atoms. The number of nitrogens with zero attached hydrogens (tertiary/aromatic N) is 1. The van der Waals surface area contributed by atoms with Crippen LogP contribution in [0.3, 0.4) is 0 Å². The third kappa shape index (κ3) is 2.77. The van der Waals surface area contributed by atoms with E-state index in [9.17, 15) is 18.0 Å². The van der Waals surface area contributed by atoms with Crippen LogP contribution in [0.4, 0.5) is 13.2 Å². The van der Waals surface area contributed by atoms with Gasteiger partial charge in [0, 0.05) is 30.6 Å². The molecule has 0 aliphatic carbocycles. The zero-order chi connectivity index (χ0) is 15.1. The minimum absolute atomic E-state index is 0.168. The smallest absolute Gasteiger partial charge is 0.338 e. The number of hydrogen-bond acceptors (Lipinski definition) is 2. The number of amides is 1. The van der Waals surface area contributed by atoms with Crippen LogP contribution >= 0.6 is 0 Å². The lowest BCUT2D eigenvalue weighted by atomic mass is 9.86. The van der Waals surface area contributed by atoms with Gasteiger partial charge in [-0.15, -0.1) is 0 Å². The van der Waals surface area contributed by atoms with Crippen molar-refractivity contribution in [3.8, 4) is 0 Å². The molecule has 2 saturated heterocycles. The molecule has 2 aliphatic heterocycles. The summed E-state index contributed by atoms with van der Waals surface area (Å²) in [6.07, 6.45) is -2.34. The van der Waals surface area contributed by atoms with Crippen molar-refractivity contribution in [3.05, 3.63) is 35.4 Å². The van der Waals surface area contributed by atoms with Crippen molar-refractivity contribution in [1.82, 2.24) is 10.2 Å². The Kier molecular flexibility index (Phi) is 3.43. The van der Waals surface area contributed by atoms with Gasteiger partial charge in [0.15, 0.2) is 0 Å². The average Bonchev–Trinajstić information content (AvgIpc) is 3.08. The van der Waals surface area contributed by atoms with Gasteiger partial charge in [-0.3, -0.25) is 4.79 Å². The van der Waals surface area contributed by atoms with Crippen LogP contribution in [-0.2, 0) is 6.18 Å². The first-order valence-electron chi connectivity index (χ1n) is 7.07. The van der Waals surface area contributed by atoms with Crippen LogP contribution in [0.15, 0.2) is 24.3 Å². The van der Waals surface area contributed by atoms with E-state index in [1.54, 1.807) is 4.90 Å². The van der Waals surface area contributed by atoms with E-state index in [1.807, 2.05) is 0 Å². The van der Waals surface area contributed by atoms with Gasteiger partial charge in [-0.1, -0.05) is 0 Å². The molecule has 1 aromatic rings. The maximum absolute atomic E-state index is 12.5. The zero-order valence-electron chi connectivity index (χ0n) is 11.5. The Hall–Kier alpha value is -1.56. The number of benzene rings is 1. The van der Waals surface area contributed by atoms with E-state index in [-0.39, 0.29) is 11.3 Å². The lowest BCUT2D eigenvalue weighted by molar-refractivity contribution is -0.137. The fourth-order valence-electron chi connectivity index (χ4n) is 3.24. The SMILES string of the molecule is O=C(c1ccc(C(F)(F)F)cc1)N1CCC2(CCNC2)C1. The van der Waals surface area contributed by atoms with Crippen molar-refractivity contribution >= 4 is 5.91 Å². The summed E-state index contributed by atoms with van der Waals surface area (Å²) in [7, 11) is 0. The Balaban J connectivity index is 1.71. The summed E-state index contributed by atoms with van der Waals surface area (Å²) in [5.74, 6) is -0.174. The van der Waals surface area contributed by atoms with Crippen LogP contribution in [0.25, 0.3) is 0 Å². The quantitative estimate of drug-likeness (QED) is 0.864. The van der Waals surface area contributed by atoms with Crippen molar-refractivity contribution in [2.24, 2.45) is 5.41 Å². The maximum Gasteiger partial charge on any atom is 0.416 e. The summed E-state index contributed by atoms with van der Waals surface area (Å²) in [5, 5.41) is 3.32. The third-order valence-corrected chi connectivity index (χ3v) is 4.52. The molecule has 21 heavy (non-hydrogen) atoms. The zero-order valence-corrected chi connectivity index (χ0v) is 11.5. The van der Waals surface area contributed by atoms with E-state index >= 15 is 0 Å². The molecule has 1 aromatic carbocycles. The lowest BCUT2D eigenvalue weighted by Gasteiger charge is -2.22. The highest BCUT2D eigenvalue weighted by atomic mass is 19.4. The van der Waals surface area contributed by atoms with E-state index < -0.39 is 11.7 Å². The second-order valence-electron chi connectivity index (χ2n) is 5.98. The minimum atomic E-state index is -4.37. The average molecular weight is 298 g/mol. The molecule has 2 heterocycles. The van der Waals surface area contributed by atoms with Crippen molar-refractivity contribution < 1.29 is 18.0 Å². The van der Waals surface area contributed by atoms with Gasteiger partial charge < -0.3 is 10.2 Å². The van der Waals surface area contributed by atoms with E-state index in [0.29, 0.717) is 18.7 Å². The van der Waals surface area contributed by atoms with Gasteiger partial charge in [-0.2, -0.15) is 13.2 Å². The molecule has 0 aromatic heterocycles. The van der Waals surface area contributed by atoms with E-state index in [1.165, 1.54) is 12.1 Å². The number of rotatable bonds is 1. The summed E-state index contributed by atoms with van der Waals surface area (Å²) >= 11 is 0. The van der Waals surface area contributed by atoms with Gasteiger partial charge in [0.05, 0.1) is 5.56 Å². The second kappa shape index (κ2) is 5.02. The predicted octanol–water partition coefficient (Wildman–Crippen LogP) is 2.53. The first kappa shape index (κ1) is 14.4. The van der Waals surface area contributed by atoms with Crippen molar-refractivity contribution in [1.29, 1.82) is 0 Å². The number of carbonyl (C=O) groups excluding carboxylic acids is 1. The van der Waals surface area contributed by atoms with Crippen molar-refractivity contribution in [3.63, 3.8) is 0 Å². The highest BCUT2D eigenvalue weighted by Crippen LogP contribution is 2.36. The molecular formula is C15H17F3N2O. The Morgan fingerprint density at radius 3 is 2.48 bits per heavy atom. The Bertz CT molecular complexity index is 533. The highest BCUT2D eigenvalue weighted by Gasteiger charge is 2.42. The van der Waals surface area contributed by atoms with Crippen molar-refractivity contribution in [2.45, 2.75) is 19.0 Å². The second-order valence-corrected chi connectivity index (χ2v) is 5.98. The normalized spacial score (nSPS) is 25.8. The maximum atomic E-state index is 12.5. The summed E-state index contributed by atoms with van der Waals surface area (Å²) in [6.45, 7) is 3.27. The molecule has 2 aliphatic rings. The molecule has 1 N–H and O–H groups in total. The van der Waals surface area contributed by atoms with Crippen LogP contribution in [0, 0.1) is 5.41 Å². The number of halogens is 3. The fraction of sp³-hybridized carbons (Fsp3) is 0.533. The third-order valence-electron chi connectivity index (χ3n) is 4.52. The number of carbonyl (C=O) groups is 1. The highest BCUT2D eigenvalue weighted by molar-refractivity contribution is 5.94. The Morgan fingerprint density at radius 1 is 1.19 bits per heavy atom. The van der Waals surface area contributed by atoms with Crippen LogP contribution in [0.5, 0.6) is 0 Å². The van der Waals surface area contributed by atoms with Gasteiger partial charge in [0.25, 0.3) is 5.91 Å². The van der Waals surface area contributed by atoms with E-state index in [4.69, 9.17) is 0 Å². The first-order chi connectivity index (χ1) is 9.90. The molecule has 1 spiro atoms.